The molecule has 0 spiro atoms. The first-order valence-corrected chi connectivity index (χ1v) is 14.4. The third-order valence-corrected chi connectivity index (χ3v) is 6.71. The Morgan fingerprint density at radius 1 is 0.750 bits per heavy atom. The summed E-state index contributed by atoms with van der Waals surface area (Å²) >= 11 is 0. The molecule has 206 valence electrons. The summed E-state index contributed by atoms with van der Waals surface area (Å²) in [5, 5.41) is 10.1. The van der Waals surface area contributed by atoms with Gasteiger partial charge in [0.1, 0.15) is 6.10 Å². The number of carbonyl (C=O) groups is 1. The molecule has 0 bridgehead atoms. The number of phenols is 1. The van der Waals surface area contributed by atoms with Crippen LogP contribution < -0.4 is 9.47 Å². The van der Waals surface area contributed by atoms with Crippen LogP contribution in [0.2, 0.25) is 0 Å². The highest BCUT2D eigenvalue weighted by Crippen LogP contribution is 2.37. The Kier molecular flexibility index (Phi) is 18.6. The number of methoxy groups -OCH3 is 2. The Bertz CT molecular complexity index is 703. The summed E-state index contributed by atoms with van der Waals surface area (Å²) in [7, 11) is 2.96. The zero-order chi connectivity index (χ0) is 26.4. The second-order valence-electron chi connectivity index (χ2n) is 9.84. The van der Waals surface area contributed by atoms with E-state index in [1.807, 2.05) is 0 Å². The molecule has 1 aromatic carbocycles. The highest BCUT2D eigenvalue weighted by Gasteiger charge is 2.14. The lowest BCUT2D eigenvalue weighted by molar-refractivity contribution is -0.143. The van der Waals surface area contributed by atoms with Crippen molar-refractivity contribution < 1.29 is 24.1 Å². The number of ether oxygens (including phenoxy) is 3. The Morgan fingerprint density at radius 3 is 1.58 bits per heavy atom. The highest BCUT2D eigenvalue weighted by atomic mass is 16.5. The van der Waals surface area contributed by atoms with Crippen molar-refractivity contribution in [2.45, 2.75) is 129 Å². The first kappa shape index (κ1) is 31.9. The van der Waals surface area contributed by atoms with Gasteiger partial charge >= 0.3 is 5.97 Å². The van der Waals surface area contributed by atoms with Crippen LogP contribution in [0, 0.1) is 0 Å². The van der Waals surface area contributed by atoms with E-state index in [9.17, 15) is 9.90 Å². The minimum atomic E-state index is -0.326. The van der Waals surface area contributed by atoms with Crippen LogP contribution in [0.4, 0.5) is 0 Å². The van der Waals surface area contributed by atoms with Crippen LogP contribution in [-0.4, -0.2) is 31.4 Å². The van der Waals surface area contributed by atoms with Gasteiger partial charge in [0.15, 0.2) is 11.5 Å². The molecular weight excluding hydrogens is 452 g/mol. The largest absolute Gasteiger partial charge is 0.502 e. The van der Waals surface area contributed by atoms with Crippen molar-refractivity contribution in [1.82, 2.24) is 0 Å². The summed E-state index contributed by atoms with van der Waals surface area (Å²) in [5.74, 6) is 0.218. The molecule has 1 rings (SSSR count). The maximum Gasteiger partial charge on any atom is 0.331 e. The van der Waals surface area contributed by atoms with E-state index in [2.05, 4.69) is 13.8 Å². The van der Waals surface area contributed by atoms with E-state index in [0.717, 1.165) is 25.7 Å². The molecule has 0 heterocycles. The Morgan fingerprint density at radius 2 is 1.17 bits per heavy atom. The third kappa shape index (κ3) is 14.4. The second kappa shape index (κ2) is 21.0. The van der Waals surface area contributed by atoms with Crippen LogP contribution in [0.3, 0.4) is 0 Å². The van der Waals surface area contributed by atoms with Gasteiger partial charge in [-0.1, -0.05) is 97.3 Å². The molecule has 0 aromatic heterocycles. The molecule has 36 heavy (non-hydrogen) atoms. The summed E-state index contributed by atoms with van der Waals surface area (Å²) < 4.78 is 16.3. The number of hydrogen-bond acceptors (Lipinski definition) is 5. The fraction of sp³-hybridized carbons (Fsp3) is 0.710. The van der Waals surface area contributed by atoms with Crippen molar-refractivity contribution >= 4 is 12.0 Å². The normalized spacial score (nSPS) is 12.1. The number of benzene rings is 1. The smallest absolute Gasteiger partial charge is 0.331 e. The maximum atomic E-state index is 12.6. The van der Waals surface area contributed by atoms with E-state index in [1.165, 1.54) is 104 Å². The van der Waals surface area contributed by atoms with Crippen molar-refractivity contribution in [1.29, 1.82) is 0 Å². The molecule has 1 aromatic rings. The lowest BCUT2D eigenvalue weighted by Crippen LogP contribution is -2.17. The topological polar surface area (TPSA) is 65.0 Å². The second-order valence-corrected chi connectivity index (χ2v) is 9.84. The molecule has 1 atom stereocenters. The Balaban J connectivity index is 2.55. The molecule has 0 aliphatic heterocycles. The average Bonchev–Trinajstić information content (AvgIpc) is 2.88. The van der Waals surface area contributed by atoms with Crippen LogP contribution >= 0.6 is 0 Å². The van der Waals surface area contributed by atoms with Crippen LogP contribution in [0.1, 0.15) is 129 Å². The van der Waals surface area contributed by atoms with Crippen molar-refractivity contribution in [2.24, 2.45) is 0 Å². The van der Waals surface area contributed by atoms with E-state index in [4.69, 9.17) is 14.2 Å². The highest BCUT2D eigenvalue weighted by molar-refractivity contribution is 5.87. The first-order valence-electron chi connectivity index (χ1n) is 14.4. The number of carbonyl (C=O) groups excluding carboxylic acids is 1. The van der Waals surface area contributed by atoms with Gasteiger partial charge in [0.05, 0.1) is 14.2 Å². The van der Waals surface area contributed by atoms with E-state index in [1.54, 1.807) is 18.2 Å². The molecule has 0 radical (unpaired) electrons. The van der Waals surface area contributed by atoms with E-state index < -0.39 is 0 Å². The molecule has 0 aliphatic rings. The average molecular weight is 505 g/mol. The van der Waals surface area contributed by atoms with Gasteiger partial charge in [-0.2, -0.15) is 0 Å². The van der Waals surface area contributed by atoms with Crippen molar-refractivity contribution in [3.8, 4) is 17.2 Å². The van der Waals surface area contributed by atoms with Crippen molar-refractivity contribution in [2.75, 3.05) is 14.2 Å². The lowest BCUT2D eigenvalue weighted by Gasteiger charge is -2.17. The van der Waals surface area contributed by atoms with Crippen LogP contribution in [0.15, 0.2) is 18.2 Å². The Labute approximate surface area is 220 Å². The van der Waals surface area contributed by atoms with Gasteiger partial charge < -0.3 is 19.3 Å². The van der Waals surface area contributed by atoms with Crippen molar-refractivity contribution in [3.63, 3.8) is 0 Å². The fourth-order valence-electron chi connectivity index (χ4n) is 4.47. The van der Waals surface area contributed by atoms with Gasteiger partial charge in [-0.05, 0) is 49.5 Å². The number of unbranched alkanes of at least 4 members (excludes halogenated alkanes) is 13. The SMILES string of the molecule is CCCCCCCCCCCC(CCCCCCCC)OC(=O)/C=C/c1cc(OC)c(O)c(OC)c1. The summed E-state index contributed by atoms with van der Waals surface area (Å²) in [6.07, 6.45) is 24.0. The van der Waals surface area contributed by atoms with E-state index >= 15 is 0 Å². The van der Waals surface area contributed by atoms with Gasteiger partial charge in [0.2, 0.25) is 5.75 Å². The maximum absolute atomic E-state index is 12.6. The van der Waals surface area contributed by atoms with E-state index in [-0.39, 0.29) is 17.8 Å². The van der Waals surface area contributed by atoms with Crippen LogP contribution in [-0.2, 0) is 9.53 Å². The van der Waals surface area contributed by atoms with Gasteiger partial charge in [-0.3, -0.25) is 0 Å². The molecule has 0 saturated heterocycles. The van der Waals surface area contributed by atoms with Gasteiger partial charge in [0, 0.05) is 6.08 Å². The molecular formula is C31H52O5. The number of rotatable bonds is 22. The molecule has 0 fully saturated rings. The number of aromatic hydroxyl groups is 1. The molecule has 5 heteroatoms. The van der Waals surface area contributed by atoms with Gasteiger partial charge in [0.25, 0.3) is 0 Å². The molecule has 1 unspecified atom stereocenters. The predicted octanol–water partition coefficient (Wildman–Crippen LogP) is 9.01. The minimum Gasteiger partial charge on any atom is -0.502 e. The van der Waals surface area contributed by atoms with Crippen molar-refractivity contribution in [3.05, 3.63) is 23.8 Å². The molecule has 0 saturated carbocycles. The molecule has 5 nitrogen and oxygen atoms in total. The molecule has 0 aliphatic carbocycles. The van der Waals surface area contributed by atoms with Gasteiger partial charge in [-0.15, -0.1) is 0 Å². The quantitative estimate of drug-likeness (QED) is 0.0969. The van der Waals surface area contributed by atoms with Gasteiger partial charge in [-0.25, -0.2) is 4.79 Å². The van der Waals surface area contributed by atoms with E-state index in [0.29, 0.717) is 17.1 Å². The molecule has 1 N–H and O–H groups in total. The van der Waals surface area contributed by atoms with Crippen LogP contribution in [0.5, 0.6) is 17.2 Å². The Hall–Kier alpha value is -2.17. The first-order chi connectivity index (χ1) is 17.5. The number of hydrogen-bond donors (Lipinski definition) is 1. The molecule has 0 amide bonds. The summed E-state index contributed by atoms with van der Waals surface area (Å²) in [4.78, 5) is 12.6. The summed E-state index contributed by atoms with van der Waals surface area (Å²) in [6, 6.07) is 3.33. The zero-order valence-electron chi connectivity index (χ0n) is 23.5. The lowest BCUT2D eigenvalue weighted by atomic mass is 10.0. The minimum absolute atomic E-state index is 0.0261. The standard InChI is InChI=1S/C31H52O5/c1-5-7-9-11-13-14-15-17-19-21-27(20-18-16-12-10-8-6-2)36-30(32)23-22-26-24-28(34-3)31(33)29(25-26)35-4/h22-25,27,33H,5-21H2,1-4H3/b23-22+. The van der Waals surface area contributed by atoms with Crippen LogP contribution in [0.25, 0.3) is 6.08 Å². The zero-order valence-corrected chi connectivity index (χ0v) is 23.5. The fourth-order valence-corrected chi connectivity index (χ4v) is 4.47. The summed E-state index contributed by atoms with van der Waals surface area (Å²) in [6.45, 7) is 4.49. The summed E-state index contributed by atoms with van der Waals surface area (Å²) in [5.41, 5.74) is 0.699. The predicted molar refractivity (Wildman–Crippen MR) is 150 cm³/mol. The monoisotopic (exact) mass is 504 g/mol. The number of phenolic OH excluding ortho intramolecular Hbond substituents is 1. The number of esters is 1. The third-order valence-electron chi connectivity index (χ3n) is 6.71.